The standard InChI is InChI=1S/C19H19FN2O2.C18H18FN3O2.C18H17FN2O2.C15H17FO2/c1-12-16(5-4-6-17(12)20)19(18(23)24-3)8-7-14(9-19)15-10-21-13(2)22-11-15;1-11-15(4-3-5-16(11)19)18(17(23)22-24)7-6-13(8-18)14-9-20-12(2)21-10-14;1-11-15(4-3-5-16(11)19)18(17(22)23)7-6-13(8-18)14-9-20-12(2)21-10-14;1-10-7-8-15(9-10,14(17)18-3)12-5-4-6-13(16)11(12)2/h4-6,9-11H,7-8H2,1-3H3;3-5,8-10,24H,6-7H2,1-2H3,(H,22,23);3-5,8-10H,6-7H2,1-2H3,(H,22,23);4-6,9H,7-8H2,1-3H3/t19-;2*18-;15-/m0000/s1. The zero-order chi connectivity index (χ0) is 64.6. The first kappa shape index (κ1) is 65.6. The van der Waals surface area contributed by atoms with Crippen molar-refractivity contribution in [3.8, 4) is 0 Å². The number of allylic oxidation sites excluding steroid dienone is 4. The third-order valence-electron chi connectivity index (χ3n) is 17.5. The maximum absolute atomic E-state index is 14.0. The van der Waals surface area contributed by atoms with Crippen LogP contribution in [0.15, 0.2) is 140 Å². The van der Waals surface area contributed by atoms with Gasteiger partial charge in [-0.1, -0.05) is 78.4 Å². The molecule has 0 unspecified atom stereocenters. The Kier molecular flexibility index (Phi) is 20.2. The lowest BCUT2D eigenvalue weighted by Crippen LogP contribution is -2.41. The summed E-state index contributed by atoms with van der Waals surface area (Å²) in [5, 5.41) is 19.1. The number of carboxylic acid groups (broad SMARTS) is 1. The van der Waals surface area contributed by atoms with Gasteiger partial charge in [0.25, 0.3) is 5.91 Å². The van der Waals surface area contributed by atoms with E-state index in [0.29, 0.717) is 107 Å². The molecule has 89 heavy (non-hydrogen) atoms. The number of benzene rings is 4. The molecule has 19 heteroatoms. The number of hydroxylamine groups is 1. The Morgan fingerprint density at radius 3 is 1.02 bits per heavy atom. The Balaban J connectivity index is 0.000000154. The molecule has 4 aromatic carbocycles. The van der Waals surface area contributed by atoms with Crippen molar-refractivity contribution in [1.82, 2.24) is 35.4 Å². The van der Waals surface area contributed by atoms with Gasteiger partial charge >= 0.3 is 17.9 Å². The number of rotatable bonds is 11. The van der Waals surface area contributed by atoms with E-state index in [0.717, 1.165) is 45.4 Å². The molecule has 462 valence electrons. The second-order valence-corrected chi connectivity index (χ2v) is 22.8. The van der Waals surface area contributed by atoms with Crippen LogP contribution >= 0.6 is 0 Å². The summed E-state index contributed by atoms with van der Waals surface area (Å²) in [7, 11) is 2.74. The number of nitrogens with zero attached hydrogens (tertiary/aromatic N) is 6. The zero-order valence-electron chi connectivity index (χ0n) is 51.4. The summed E-state index contributed by atoms with van der Waals surface area (Å²) in [5.41, 5.74) is 8.26. The highest BCUT2D eigenvalue weighted by atomic mass is 19.1. The van der Waals surface area contributed by atoms with Gasteiger partial charge in [-0.3, -0.25) is 24.4 Å². The number of aromatic nitrogens is 6. The first-order chi connectivity index (χ1) is 42.4. The first-order valence-corrected chi connectivity index (χ1v) is 29.0. The molecule has 0 saturated carbocycles. The van der Waals surface area contributed by atoms with E-state index in [2.05, 4.69) is 29.9 Å². The molecule has 0 saturated heterocycles. The fourth-order valence-corrected chi connectivity index (χ4v) is 12.4. The van der Waals surface area contributed by atoms with Crippen LogP contribution in [0.2, 0.25) is 0 Å². The van der Waals surface area contributed by atoms with Crippen LogP contribution in [0.3, 0.4) is 0 Å². The minimum Gasteiger partial charge on any atom is -0.480 e. The van der Waals surface area contributed by atoms with Crippen LogP contribution in [-0.2, 0) is 50.3 Å². The molecule has 7 aromatic rings. The molecular formula is C70H71F4N7O8. The van der Waals surface area contributed by atoms with Gasteiger partial charge in [0, 0.05) is 53.9 Å². The predicted molar refractivity (Wildman–Crippen MR) is 328 cm³/mol. The lowest BCUT2D eigenvalue weighted by Gasteiger charge is -2.27. The van der Waals surface area contributed by atoms with Crippen LogP contribution in [0.25, 0.3) is 16.7 Å². The summed E-state index contributed by atoms with van der Waals surface area (Å²) < 4.78 is 65.6. The first-order valence-electron chi connectivity index (χ1n) is 29.0. The average Bonchev–Trinajstić information content (AvgIpc) is 1.80. The van der Waals surface area contributed by atoms with Gasteiger partial charge in [0.1, 0.15) is 57.0 Å². The van der Waals surface area contributed by atoms with E-state index in [9.17, 15) is 47.1 Å². The van der Waals surface area contributed by atoms with Gasteiger partial charge in [0.15, 0.2) is 0 Å². The number of ether oxygens (including phenoxy) is 2. The van der Waals surface area contributed by atoms with Gasteiger partial charge in [-0.15, -0.1) is 0 Å². The van der Waals surface area contributed by atoms with Gasteiger partial charge in [-0.05, 0) is 192 Å². The third kappa shape index (κ3) is 13.3. The van der Waals surface area contributed by atoms with Crippen LogP contribution in [0, 0.1) is 71.7 Å². The zero-order valence-corrected chi connectivity index (χ0v) is 51.4. The van der Waals surface area contributed by atoms with Crippen LogP contribution in [0.5, 0.6) is 0 Å². The largest absolute Gasteiger partial charge is 0.480 e. The summed E-state index contributed by atoms with van der Waals surface area (Å²) in [6.45, 7) is 14.1. The lowest BCUT2D eigenvalue weighted by molar-refractivity contribution is -0.146. The van der Waals surface area contributed by atoms with E-state index >= 15 is 0 Å². The van der Waals surface area contributed by atoms with E-state index in [1.54, 1.807) is 139 Å². The monoisotopic (exact) mass is 1210 g/mol. The van der Waals surface area contributed by atoms with E-state index in [4.69, 9.17) is 9.47 Å². The number of hydrogen-bond donors (Lipinski definition) is 3. The molecule has 3 aromatic heterocycles. The molecule has 0 bridgehead atoms. The molecule has 0 fully saturated rings. The van der Waals surface area contributed by atoms with Gasteiger partial charge < -0.3 is 14.6 Å². The fourth-order valence-electron chi connectivity index (χ4n) is 12.4. The smallest absolute Gasteiger partial charge is 0.320 e. The number of nitrogens with one attached hydrogen (secondary N) is 1. The van der Waals surface area contributed by atoms with Crippen molar-refractivity contribution in [2.24, 2.45) is 0 Å². The highest BCUT2D eigenvalue weighted by Gasteiger charge is 2.47. The van der Waals surface area contributed by atoms with E-state index in [1.165, 1.54) is 38.5 Å². The number of methoxy groups -OCH3 is 2. The Bertz CT molecular complexity index is 3830. The summed E-state index contributed by atoms with van der Waals surface area (Å²) >= 11 is 0. The maximum Gasteiger partial charge on any atom is 0.320 e. The number of aryl methyl sites for hydroxylation is 3. The minimum absolute atomic E-state index is 0.284. The summed E-state index contributed by atoms with van der Waals surface area (Å²) in [4.78, 5) is 74.4. The Hall–Kier alpha value is -9.36. The van der Waals surface area contributed by atoms with Crippen molar-refractivity contribution >= 4 is 40.5 Å². The van der Waals surface area contributed by atoms with Crippen LogP contribution in [0.4, 0.5) is 17.6 Å². The molecule has 0 aliphatic heterocycles. The quantitative estimate of drug-likeness (QED) is 0.0361. The molecule has 1 amide bonds. The van der Waals surface area contributed by atoms with Crippen molar-refractivity contribution in [3.05, 3.63) is 242 Å². The third-order valence-corrected chi connectivity index (χ3v) is 17.5. The normalized spacial score (nSPS) is 20.6. The van der Waals surface area contributed by atoms with Crippen molar-refractivity contribution < 1.29 is 56.5 Å². The van der Waals surface area contributed by atoms with Crippen molar-refractivity contribution in [1.29, 1.82) is 0 Å². The molecule has 15 nitrogen and oxygen atoms in total. The number of amides is 1. The molecule has 3 N–H and O–H groups in total. The van der Waals surface area contributed by atoms with Crippen molar-refractivity contribution in [2.45, 2.75) is 128 Å². The summed E-state index contributed by atoms with van der Waals surface area (Å²) in [6.07, 6.45) is 22.4. The Labute approximate surface area is 514 Å². The SMILES string of the molecule is COC(=O)[C@]1(c2cccc(F)c2C)C=C(C)CC1.COC(=O)[C@]1(c2cccc(F)c2C)C=C(c2cnc(C)nc2)CC1.Cc1ncc(C2=C[C@](C(=O)NO)(c3cccc(F)c3C)CC2)cn1.Cc1ncc(C2=C[C@](C(=O)O)(c3cccc(F)c3C)CC2)cn1. The van der Waals surface area contributed by atoms with Crippen LogP contribution in [0.1, 0.15) is 137 Å². The molecule has 11 rings (SSSR count). The summed E-state index contributed by atoms with van der Waals surface area (Å²) in [5.74, 6) is -1.57. The fraction of sp³-hybridized carbons (Fsp3) is 0.314. The van der Waals surface area contributed by atoms with Crippen LogP contribution < -0.4 is 5.48 Å². The van der Waals surface area contributed by atoms with E-state index in [-0.39, 0.29) is 35.2 Å². The molecule has 4 aliphatic rings. The molecule has 0 radical (unpaired) electrons. The van der Waals surface area contributed by atoms with Gasteiger partial charge in [-0.25, -0.2) is 52.9 Å². The van der Waals surface area contributed by atoms with Gasteiger partial charge in [0.2, 0.25) is 0 Å². The van der Waals surface area contributed by atoms with Gasteiger partial charge in [-0.2, -0.15) is 0 Å². The number of aliphatic carboxylic acids is 1. The van der Waals surface area contributed by atoms with Crippen molar-refractivity contribution in [2.75, 3.05) is 14.2 Å². The molecule has 4 atom stereocenters. The van der Waals surface area contributed by atoms with Crippen LogP contribution in [-0.4, -0.2) is 78.3 Å². The lowest BCUT2D eigenvalue weighted by atomic mass is 9.77. The Morgan fingerprint density at radius 1 is 0.427 bits per heavy atom. The maximum atomic E-state index is 14.0. The molecular weight excluding hydrogens is 1140 g/mol. The van der Waals surface area contributed by atoms with Crippen molar-refractivity contribution in [3.63, 3.8) is 0 Å². The highest BCUT2D eigenvalue weighted by molar-refractivity contribution is 5.95. The number of halogens is 4. The minimum atomic E-state index is -1.20. The number of esters is 2. The number of hydrogen-bond acceptors (Lipinski definition) is 13. The second kappa shape index (κ2) is 27.4. The highest BCUT2D eigenvalue weighted by Crippen LogP contribution is 2.48. The van der Waals surface area contributed by atoms with E-state index in [1.807, 2.05) is 32.1 Å². The second-order valence-electron chi connectivity index (χ2n) is 22.8. The Morgan fingerprint density at radius 2 is 0.708 bits per heavy atom. The molecule has 0 spiro atoms. The summed E-state index contributed by atoms with van der Waals surface area (Å²) in [6, 6.07) is 18.9. The molecule has 4 aliphatic carbocycles. The number of carbonyl (C=O) groups excluding carboxylic acids is 3. The average molecular weight is 1210 g/mol. The van der Waals surface area contributed by atoms with Gasteiger partial charge in [0.05, 0.1) is 19.6 Å². The topological polar surface area (TPSA) is 217 Å². The number of carbonyl (C=O) groups is 4. The number of carboxylic acids is 1. The predicted octanol–water partition coefficient (Wildman–Crippen LogP) is 13.1. The van der Waals surface area contributed by atoms with E-state index < -0.39 is 33.5 Å². The molecule has 3 heterocycles.